The molecule has 4 rings (SSSR count). The molecule has 0 bridgehead atoms. The zero-order valence-corrected chi connectivity index (χ0v) is 18.3. The van der Waals surface area contributed by atoms with Gasteiger partial charge in [0.25, 0.3) is 0 Å². The number of nitrogens with one attached hydrogen (secondary N) is 2. The second-order valence-corrected chi connectivity index (χ2v) is 7.09. The zero-order valence-electron chi connectivity index (χ0n) is 16.2. The number of nitriles is 1. The Balaban J connectivity index is 1.47. The monoisotopic (exact) mass is 521 g/mol. The van der Waals surface area contributed by atoms with Gasteiger partial charge in [-0.2, -0.15) is 10.4 Å². The van der Waals surface area contributed by atoms with Crippen LogP contribution in [0.5, 0.6) is 11.8 Å². The van der Waals surface area contributed by atoms with Crippen molar-refractivity contribution in [3.63, 3.8) is 0 Å². The molecule has 2 N–H and O–H groups in total. The summed E-state index contributed by atoms with van der Waals surface area (Å²) in [6.07, 6.45) is 4.87. The van der Waals surface area contributed by atoms with Crippen molar-refractivity contribution in [2.45, 2.75) is 4.43 Å². The molecular formula is C22H16IN7O. The van der Waals surface area contributed by atoms with Crippen molar-refractivity contribution in [1.29, 1.82) is 5.26 Å². The van der Waals surface area contributed by atoms with Crippen molar-refractivity contribution in [2.24, 2.45) is 4.99 Å². The quantitative estimate of drug-likeness (QED) is 0.194. The number of hydrogen-bond acceptors (Lipinski definition) is 7. The van der Waals surface area contributed by atoms with E-state index in [2.05, 4.69) is 65.2 Å². The van der Waals surface area contributed by atoms with Crippen LogP contribution in [0, 0.1) is 11.3 Å². The Kier molecular flexibility index (Phi) is 6.49. The van der Waals surface area contributed by atoms with Gasteiger partial charge in [-0.25, -0.2) is 15.0 Å². The van der Waals surface area contributed by atoms with E-state index in [4.69, 9.17) is 4.74 Å². The van der Waals surface area contributed by atoms with Crippen LogP contribution in [0.1, 0.15) is 16.7 Å². The molecule has 0 atom stereocenters. The molecule has 0 saturated heterocycles. The highest BCUT2D eigenvalue weighted by molar-refractivity contribution is 14.1. The van der Waals surface area contributed by atoms with Crippen LogP contribution in [-0.2, 0) is 4.43 Å². The largest absolute Gasteiger partial charge is 0.424 e. The van der Waals surface area contributed by atoms with E-state index in [1.165, 1.54) is 5.56 Å². The van der Waals surface area contributed by atoms with E-state index in [1.54, 1.807) is 36.8 Å². The summed E-state index contributed by atoms with van der Waals surface area (Å²) in [5.74, 6) is 1.43. The lowest BCUT2D eigenvalue weighted by Crippen LogP contribution is -1.93. The Morgan fingerprint density at radius 1 is 1.13 bits per heavy atom. The van der Waals surface area contributed by atoms with E-state index in [1.807, 2.05) is 30.3 Å². The molecule has 0 aliphatic carbocycles. The first-order chi connectivity index (χ1) is 15.2. The van der Waals surface area contributed by atoms with E-state index >= 15 is 0 Å². The lowest BCUT2D eigenvalue weighted by Gasteiger charge is -2.05. The van der Waals surface area contributed by atoms with E-state index in [-0.39, 0.29) is 6.01 Å². The number of H-pyrrole nitrogens is 1. The summed E-state index contributed by atoms with van der Waals surface area (Å²) in [6, 6.07) is 19.4. The minimum absolute atomic E-state index is 0.281. The molecule has 0 spiro atoms. The summed E-state index contributed by atoms with van der Waals surface area (Å²) in [4.78, 5) is 12.4. The van der Waals surface area contributed by atoms with Gasteiger partial charge in [0, 0.05) is 28.7 Å². The number of benzene rings is 2. The Morgan fingerprint density at radius 3 is 2.68 bits per heavy atom. The lowest BCUT2D eigenvalue weighted by molar-refractivity contribution is 0.442. The molecule has 0 aliphatic heterocycles. The van der Waals surface area contributed by atoms with Crippen LogP contribution in [0.4, 0.5) is 17.3 Å². The van der Waals surface area contributed by atoms with Gasteiger partial charge >= 0.3 is 6.01 Å². The molecule has 2 heterocycles. The number of alkyl halides is 1. The molecule has 4 aromatic rings. The summed E-state index contributed by atoms with van der Waals surface area (Å²) in [5, 5.41) is 19.8. The second-order valence-electron chi connectivity index (χ2n) is 6.33. The van der Waals surface area contributed by atoms with E-state index in [0.29, 0.717) is 22.9 Å². The molecule has 152 valence electrons. The third-order valence-corrected chi connectivity index (χ3v) is 5.06. The number of ether oxygens (including phenoxy) is 1. The number of rotatable bonds is 7. The lowest BCUT2D eigenvalue weighted by atomic mass is 10.2. The van der Waals surface area contributed by atoms with E-state index < -0.39 is 0 Å². The molecule has 0 radical (unpaired) electrons. The third-order valence-electron chi connectivity index (χ3n) is 4.18. The fourth-order valence-electron chi connectivity index (χ4n) is 2.70. The average Bonchev–Trinajstić information content (AvgIpc) is 3.20. The summed E-state index contributed by atoms with van der Waals surface area (Å²) >= 11 is 2.31. The Hall–Kier alpha value is -3.78. The number of nitrogens with zero attached hydrogens (tertiary/aromatic N) is 5. The molecule has 0 aliphatic rings. The van der Waals surface area contributed by atoms with Gasteiger partial charge < -0.3 is 10.1 Å². The predicted octanol–water partition coefficient (Wildman–Crippen LogP) is 5.29. The first-order valence-corrected chi connectivity index (χ1v) is 10.8. The van der Waals surface area contributed by atoms with E-state index in [9.17, 15) is 5.26 Å². The summed E-state index contributed by atoms with van der Waals surface area (Å²) in [7, 11) is 0. The Labute approximate surface area is 192 Å². The van der Waals surface area contributed by atoms with Crippen LogP contribution in [-0.4, -0.2) is 26.4 Å². The van der Waals surface area contributed by atoms with Crippen LogP contribution < -0.4 is 10.1 Å². The van der Waals surface area contributed by atoms with Gasteiger partial charge in [0.15, 0.2) is 5.82 Å². The van der Waals surface area contributed by atoms with Gasteiger partial charge in [-0.15, -0.1) is 0 Å². The second kappa shape index (κ2) is 9.82. The standard InChI is InChI=1S/C22H16IN7O/c23-12-16-3-1-4-17(11-16)28-21-19(13-24)20(29-30-21)27-14-15-5-7-18(8-6-15)31-22-25-9-2-10-26-22/h1-11,14H,12H2,(H2,28,29,30). The summed E-state index contributed by atoms with van der Waals surface area (Å²) in [5.41, 5.74) is 3.24. The van der Waals surface area contributed by atoms with Gasteiger partial charge in [-0.1, -0.05) is 34.7 Å². The normalized spacial score (nSPS) is 10.7. The third kappa shape index (κ3) is 5.23. The van der Waals surface area contributed by atoms with Crippen molar-refractivity contribution in [3.05, 3.63) is 83.7 Å². The van der Waals surface area contributed by atoms with Gasteiger partial charge in [0.2, 0.25) is 0 Å². The molecule has 2 aromatic carbocycles. The van der Waals surface area contributed by atoms with Gasteiger partial charge in [0.05, 0.1) is 0 Å². The molecule has 8 nitrogen and oxygen atoms in total. The highest BCUT2D eigenvalue weighted by atomic mass is 127. The highest BCUT2D eigenvalue weighted by Crippen LogP contribution is 2.26. The molecule has 9 heteroatoms. The maximum Gasteiger partial charge on any atom is 0.321 e. The molecule has 0 fully saturated rings. The van der Waals surface area contributed by atoms with Crippen LogP contribution in [0.3, 0.4) is 0 Å². The molecule has 0 saturated carbocycles. The van der Waals surface area contributed by atoms with Crippen molar-refractivity contribution in [2.75, 3.05) is 5.32 Å². The molecular weight excluding hydrogens is 505 g/mol. The van der Waals surface area contributed by atoms with Crippen molar-refractivity contribution < 1.29 is 4.74 Å². The molecule has 31 heavy (non-hydrogen) atoms. The van der Waals surface area contributed by atoms with Gasteiger partial charge in [-0.3, -0.25) is 5.10 Å². The topological polar surface area (TPSA) is 112 Å². The smallest absolute Gasteiger partial charge is 0.321 e. The number of aromatic amines is 1. The molecule has 2 aromatic heterocycles. The first-order valence-electron chi connectivity index (χ1n) is 9.24. The van der Waals surface area contributed by atoms with Crippen molar-refractivity contribution >= 4 is 46.1 Å². The fraction of sp³-hybridized carbons (Fsp3) is 0.0455. The SMILES string of the molecule is N#Cc1c(N=Cc2ccc(Oc3ncccn3)cc2)n[nH]c1Nc1cccc(CI)c1. The average molecular weight is 521 g/mol. The van der Waals surface area contributed by atoms with Gasteiger partial charge in [-0.05, 0) is 53.6 Å². The van der Waals surface area contributed by atoms with Gasteiger partial charge in [0.1, 0.15) is 23.2 Å². The summed E-state index contributed by atoms with van der Waals surface area (Å²) < 4.78 is 6.48. The van der Waals surface area contributed by atoms with Crippen LogP contribution in [0.25, 0.3) is 0 Å². The van der Waals surface area contributed by atoms with Crippen LogP contribution >= 0.6 is 22.6 Å². The number of halogens is 1. The predicted molar refractivity (Wildman–Crippen MR) is 127 cm³/mol. The number of aromatic nitrogens is 4. The van der Waals surface area contributed by atoms with E-state index in [0.717, 1.165) is 15.7 Å². The minimum atomic E-state index is 0.281. The van der Waals surface area contributed by atoms with Crippen LogP contribution in [0.2, 0.25) is 0 Å². The molecule has 0 amide bonds. The maximum atomic E-state index is 9.59. The number of aliphatic imine (C=N–C) groups is 1. The number of anilines is 2. The minimum Gasteiger partial charge on any atom is -0.424 e. The molecule has 0 unspecified atom stereocenters. The summed E-state index contributed by atoms with van der Waals surface area (Å²) in [6.45, 7) is 0. The van der Waals surface area contributed by atoms with Crippen molar-refractivity contribution in [3.8, 4) is 17.8 Å². The Morgan fingerprint density at radius 2 is 1.94 bits per heavy atom. The first kappa shape index (κ1) is 20.5. The zero-order chi connectivity index (χ0) is 21.5. The Bertz CT molecular complexity index is 1230. The van der Waals surface area contributed by atoms with Crippen molar-refractivity contribution in [1.82, 2.24) is 20.2 Å². The van der Waals surface area contributed by atoms with Crippen LogP contribution in [0.15, 0.2) is 72.0 Å². The maximum absolute atomic E-state index is 9.59. The fourth-order valence-corrected chi connectivity index (χ4v) is 3.17. The highest BCUT2D eigenvalue weighted by Gasteiger charge is 2.12. The number of hydrogen-bond donors (Lipinski definition) is 2.